The molecule has 2 heteroatoms. The van der Waals surface area contributed by atoms with Crippen LogP contribution in [0.25, 0.3) is 0 Å². The lowest BCUT2D eigenvalue weighted by Gasteiger charge is -2.65. The minimum Gasteiger partial charge on any atom is -0.388 e. The van der Waals surface area contributed by atoms with Gasteiger partial charge in [-0.05, 0) is 85.9 Å². The van der Waals surface area contributed by atoms with E-state index in [2.05, 4.69) is 34.6 Å². The highest BCUT2D eigenvalue weighted by molar-refractivity contribution is 6.21. The van der Waals surface area contributed by atoms with Crippen LogP contribution in [0.4, 0.5) is 0 Å². The Hall–Kier alpha value is 0.250. The lowest BCUT2D eigenvalue weighted by molar-refractivity contribution is -0.202. The van der Waals surface area contributed by atoms with Gasteiger partial charge in [0.2, 0.25) is 0 Å². The molecule has 0 bridgehead atoms. The number of hydrogen-bond acceptors (Lipinski definition) is 1. The second-order valence-corrected chi connectivity index (χ2v) is 13.2. The fraction of sp³-hybridized carbons (Fsp3) is 1.00. The van der Waals surface area contributed by atoms with E-state index in [1.54, 1.807) is 0 Å². The van der Waals surface area contributed by atoms with Crippen LogP contribution in [0.5, 0.6) is 0 Å². The van der Waals surface area contributed by atoms with Crippen molar-refractivity contribution in [1.29, 1.82) is 0 Å². The van der Waals surface area contributed by atoms with Crippen LogP contribution in [0, 0.1) is 46.3 Å². The highest BCUT2D eigenvalue weighted by Crippen LogP contribution is 2.69. The van der Waals surface area contributed by atoms with Crippen molar-refractivity contribution in [2.45, 2.75) is 123 Å². The third kappa shape index (κ3) is 3.44. The smallest absolute Gasteiger partial charge is 0.0866 e. The Balaban J connectivity index is 1.53. The molecule has 29 heavy (non-hydrogen) atoms. The van der Waals surface area contributed by atoms with Gasteiger partial charge in [-0.25, -0.2) is 0 Å². The van der Waals surface area contributed by atoms with Gasteiger partial charge in [0.15, 0.2) is 0 Å². The normalized spacial score (nSPS) is 50.7. The number of hydrogen-bond donors (Lipinski definition) is 1. The highest BCUT2D eigenvalue weighted by atomic mass is 35.5. The molecule has 0 heterocycles. The van der Waals surface area contributed by atoms with Gasteiger partial charge >= 0.3 is 0 Å². The van der Waals surface area contributed by atoms with Crippen LogP contribution in [0.2, 0.25) is 0 Å². The molecule has 0 aliphatic heterocycles. The minimum atomic E-state index is -0.621. The number of aliphatic hydroxyl groups is 1. The molecule has 0 spiro atoms. The molecule has 9 atom stereocenters. The second kappa shape index (κ2) is 7.99. The van der Waals surface area contributed by atoms with E-state index in [0.717, 1.165) is 48.9 Å². The first-order chi connectivity index (χ1) is 13.6. The van der Waals surface area contributed by atoms with Crippen molar-refractivity contribution in [2.24, 2.45) is 46.3 Å². The molecule has 4 rings (SSSR count). The Morgan fingerprint density at radius 3 is 2.38 bits per heavy atom. The third-order valence-corrected chi connectivity index (χ3v) is 11.5. The van der Waals surface area contributed by atoms with Crippen LogP contribution in [0.3, 0.4) is 0 Å². The summed E-state index contributed by atoms with van der Waals surface area (Å²) in [5, 5.41) is 11.7. The van der Waals surface area contributed by atoms with E-state index in [9.17, 15) is 5.11 Å². The lowest BCUT2D eigenvalue weighted by Crippen LogP contribution is -2.65. The maximum Gasteiger partial charge on any atom is 0.0866 e. The van der Waals surface area contributed by atoms with Crippen molar-refractivity contribution in [3.8, 4) is 0 Å². The zero-order valence-corrected chi connectivity index (χ0v) is 20.6. The lowest BCUT2D eigenvalue weighted by atomic mass is 9.43. The second-order valence-electron chi connectivity index (χ2n) is 12.7. The maximum absolute atomic E-state index is 11.7. The van der Waals surface area contributed by atoms with E-state index in [4.69, 9.17) is 11.6 Å². The van der Waals surface area contributed by atoms with Crippen molar-refractivity contribution >= 4 is 11.6 Å². The average molecular weight is 423 g/mol. The molecule has 4 aliphatic rings. The van der Waals surface area contributed by atoms with Gasteiger partial charge in [0.05, 0.1) is 11.0 Å². The molecule has 168 valence electrons. The summed E-state index contributed by atoms with van der Waals surface area (Å²) in [5.74, 6) is 4.86. The number of fused-ring (bicyclic) bond motifs is 5. The Bertz CT molecular complexity index is 589. The summed E-state index contributed by atoms with van der Waals surface area (Å²) in [6, 6.07) is 0. The van der Waals surface area contributed by atoms with Crippen LogP contribution < -0.4 is 0 Å². The Morgan fingerprint density at radius 2 is 1.66 bits per heavy atom. The Morgan fingerprint density at radius 1 is 0.931 bits per heavy atom. The molecule has 0 aromatic rings. The van der Waals surface area contributed by atoms with E-state index in [0.29, 0.717) is 11.3 Å². The summed E-state index contributed by atoms with van der Waals surface area (Å²) < 4.78 is 0. The van der Waals surface area contributed by atoms with Gasteiger partial charge in [-0.1, -0.05) is 66.7 Å². The third-order valence-electron chi connectivity index (χ3n) is 10.9. The molecule has 4 fully saturated rings. The van der Waals surface area contributed by atoms with Gasteiger partial charge in [-0.3, -0.25) is 0 Å². The van der Waals surface area contributed by atoms with Crippen LogP contribution in [-0.2, 0) is 0 Å². The van der Waals surface area contributed by atoms with Crippen molar-refractivity contribution < 1.29 is 5.11 Å². The molecule has 0 saturated heterocycles. The van der Waals surface area contributed by atoms with Gasteiger partial charge in [0, 0.05) is 5.41 Å². The van der Waals surface area contributed by atoms with E-state index in [1.807, 2.05) is 0 Å². The molecule has 1 N–H and O–H groups in total. The van der Waals surface area contributed by atoms with Gasteiger partial charge in [0.1, 0.15) is 0 Å². The van der Waals surface area contributed by atoms with E-state index in [1.165, 1.54) is 57.8 Å². The van der Waals surface area contributed by atoms with Crippen molar-refractivity contribution in [1.82, 2.24) is 0 Å². The summed E-state index contributed by atoms with van der Waals surface area (Å²) in [4.78, 5) is 0. The largest absolute Gasteiger partial charge is 0.388 e. The van der Waals surface area contributed by atoms with Gasteiger partial charge in [-0.2, -0.15) is 0 Å². The molecule has 0 aromatic heterocycles. The zero-order chi connectivity index (χ0) is 21.0. The summed E-state index contributed by atoms with van der Waals surface area (Å²) in [5.41, 5.74) is -0.0672. The number of rotatable bonds is 5. The molecule has 0 radical (unpaired) electrons. The fourth-order valence-electron chi connectivity index (χ4n) is 9.28. The minimum absolute atomic E-state index is 0.0427. The fourth-order valence-corrected chi connectivity index (χ4v) is 9.84. The molecule has 0 unspecified atom stereocenters. The molecular formula is C27H47ClO. The summed E-state index contributed by atoms with van der Waals surface area (Å²) in [6.07, 6.45) is 15.4. The standard InChI is InChI=1S/C27H47ClO/c1-18(2)9-8-10-19(3)21-11-12-22-20-17-24(28)27(29)15-7-6-14-26(27,5)23(20)13-16-25(21,22)4/h18-24,29H,6-17H2,1-5H3/t19-,20+,21-,22+,23+,24-,25-,26-,27+/m1/s1. The molecular weight excluding hydrogens is 376 g/mol. The monoisotopic (exact) mass is 422 g/mol. The zero-order valence-electron chi connectivity index (χ0n) is 19.9. The molecule has 1 nitrogen and oxygen atoms in total. The van der Waals surface area contributed by atoms with Crippen LogP contribution in [0.15, 0.2) is 0 Å². The van der Waals surface area contributed by atoms with E-state index in [-0.39, 0.29) is 10.8 Å². The first-order valence-corrected chi connectivity index (χ1v) is 13.4. The predicted molar refractivity (Wildman–Crippen MR) is 124 cm³/mol. The first-order valence-electron chi connectivity index (χ1n) is 13.0. The van der Waals surface area contributed by atoms with Crippen LogP contribution >= 0.6 is 11.6 Å². The summed E-state index contributed by atoms with van der Waals surface area (Å²) in [7, 11) is 0. The topological polar surface area (TPSA) is 20.2 Å². The van der Waals surface area contributed by atoms with E-state index < -0.39 is 5.60 Å². The summed E-state index contributed by atoms with van der Waals surface area (Å²) >= 11 is 7.02. The highest BCUT2D eigenvalue weighted by Gasteiger charge is 2.66. The van der Waals surface area contributed by atoms with Gasteiger partial charge < -0.3 is 5.11 Å². The maximum atomic E-state index is 11.7. The number of halogens is 1. The predicted octanol–water partition coefficient (Wildman–Crippen LogP) is 7.83. The van der Waals surface area contributed by atoms with Crippen molar-refractivity contribution in [3.05, 3.63) is 0 Å². The van der Waals surface area contributed by atoms with E-state index >= 15 is 0 Å². The SMILES string of the molecule is CC(C)CCC[C@@H](C)[C@H]1CC[C@H]2[C@@H]3C[C@@H](Cl)[C@@]4(O)CCCC[C@]4(C)[C@H]3CC[C@]12C. The van der Waals surface area contributed by atoms with Gasteiger partial charge in [0.25, 0.3) is 0 Å². The molecule has 4 saturated carbocycles. The van der Waals surface area contributed by atoms with Crippen molar-refractivity contribution in [3.63, 3.8) is 0 Å². The quantitative estimate of drug-likeness (QED) is 0.447. The molecule has 0 amide bonds. The van der Waals surface area contributed by atoms with Crippen molar-refractivity contribution in [2.75, 3.05) is 0 Å². The van der Waals surface area contributed by atoms with Crippen LogP contribution in [0.1, 0.15) is 112 Å². The average Bonchev–Trinajstić information content (AvgIpc) is 3.01. The summed E-state index contributed by atoms with van der Waals surface area (Å²) in [6.45, 7) is 12.3. The molecule has 4 aliphatic carbocycles. The first kappa shape index (κ1) is 22.4. The van der Waals surface area contributed by atoms with Crippen LogP contribution in [-0.4, -0.2) is 16.1 Å². The Labute approximate surface area is 185 Å². The van der Waals surface area contributed by atoms with Gasteiger partial charge in [-0.15, -0.1) is 11.6 Å². The molecule has 0 aromatic carbocycles. The number of alkyl halides is 1. The Kier molecular flexibility index (Phi) is 6.18.